The van der Waals surface area contributed by atoms with E-state index >= 15 is 0 Å². The Balaban J connectivity index is 2.12. The van der Waals surface area contributed by atoms with Gasteiger partial charge in [-0.25, -0.2) is 0 Å². The summed E-state index contributed by atoms with van der Waals surface area (Å²) in [6.07, 6.45) is 3.33. The van der Waals surface area contributed by atoms with Crippen molar-refractivity contribution in [2.75, 3.05) is 6.61 Å². The molecule has 0 aromatic heterocycles. The minimum atomic E-state index is 0.0828. The van der Waals surface area contributed by atoms with E-state index < -0.39 is 0 Å². The molecule has 0 spiro atoms. The average molecular weight is 323 g/mol. The molecule has 19 heavy (non-hydrogen) atoms. The summed E-state index contributed by atoms with van der Waals surface area (Å²) in [6.45, 7) is 2.29. The number of hydrogen-bond acceptors (Lipinski definition) is 2. The van der Waals surface area contributed by atoms with Gasteiger partial charge in [0, 0.05) is 18.7 Å². The second kappa shape index (κ2) is 6.64. The van der Waals surface area contributed by atoms with Gasteiger partial charge in [-0.3, -0.25) is 0 Å². The largest absolute Gasteiger partial charge is 0.396 e. The van der Waals surface area contributed by atoms with E-state index in [4.69, 9.17) is 34.8 Å². The summed E-state index contributed by atoms with van der Waals surface area (Å²) in [5.41, 5.74) is 0.944. The maximum Gasteiger partial charge on any atom is 0.0781 e. The van der Waals surface area contributed by atoms with Crippen LogP contribution in [0.15, 0.2) is 12.1 Å². The zero-order chi connectivity index (χ0) is 14.0. The number of aliphatic hydroxyl groups excluding tert-OH is 1. The molecule has 106 valence electrons. The molecule has 1 fully saturated rings. The van der Waals surface area contributed by atoms with Gasteiger partial charge in [0.05, 0.1) is 15.1 Å². The first-order valence-electron chi connectivity index (χ1n) is 6.55. The fraction of sp³-hybridized carbons (Fsp3) is 0.571. The number of halogens is 3. The van der Waals surface area contributed by atoms with Crippen LogP contribution in [0.4, 0.5) is 0 Å². The Hall–Kier alpha value is 0.01000. The molecule has 1 aliphatic rings. The Morgan fingerprint density at radius 1 is 1.26 bits per heavy atom. The molecule has 2 rings (SSSR count). The number of nitrogens with one attached hydrogen (secondary N) is 1. The Bertz CT molecular complexity index is 453. The van der Waals surface area contributed by atoms with Crippen molar-refractivity contribution in [3.05, 3.63) is 32.8 Å². The third-order valence-electron chi connectivity index (χ3n) is 3.89. The summed E-state index contributed by atoms with van der Waals surface area (Å²) < 4.78 is 0. The van der Waals surface area contributed by atoms with E-state index in [1.54, 1.807) is 6.07 Å². The van der Waals surface area contributed by atoms with Crippen molar-refractivity contribution in [1.29, 1.82) is 0 Å². The second-order valence-corrected chi connectivity index (χ2v) is 6.30. The van der Waals surface area contributed by atoms with Gasteiger partial charge in [0.15, 0.2) is 0 Å². The molecule has 1 aliphatic carbocycles. The smallest absolute Gasteiger partial charge is 0.0781 e. The topological polar surface area (TPSA) is 32.3 Å². The number of hydrogen-bond donors (Lipinski definition) is 2. The molecule has 5 heteroatoms. The first-order chi connectivity index (χ1) is 9.04. The third-order valence-corrected chi connectivity index (χ3v) is 5.20. The molecule has 2 N–H and O–H groups in total. The van der Waals surface area contributed by atoms with Gasteiger partial charge in [-0.05, 0) is 37.3 Å². The van der Waals surface area contributed by atoms with Gasteiger partial charge in [0.1, 0.15) is 0 Å². The summed E-state index contributed by atoms with van der Waals surface area (Å²) in [6, 6.07) is 4.09. The van der Waals surface area contributed by atoms with E-state index in [2.05, 4.69) is 12.2 Å². The lowest BCUT2D eigenvalue weighted by Gasteiger charge is -2.25. The molecule has 3 atom stereocenters. The Kier molecular flexibility index (Phi) is 5.38. The highest BCUT2D eigenvalue weighted by Gasteiger charge is 2.28. The maximum atomic E-state index is 9.35. The van der Waals surface area contributed by atoms with Crippen LogP contribution >= 0.6 is 34.8 Å². The Labute approximate surface area is 129 Å². The van der Waals surface area contributed by atoms with E-state index in [1.807, 2.05) is 6.07 Å². The summed E-state index contributed by atoms with van der Waals surface area (Å²) in [7, 11) is 0. The fourth-order valence-electron chi connectivity index (χ4n) is 2.76. The zero-order valence-corrected chi connectivity index (χ0v) is 13.1. The molecule has 0 radical (unpaired) electrons. The van der Waals surface area contributed by atoms with Crippen molar-refractivity contribution in [2.45, 2.75) is 38.3 Å². The van der Waals surface area contributed by atoms with Crippen molar-refractivity contribution in [3.8, 4) is 0 Å². The van der Waals surface area contributed by atoms with E-state index in [0.717, 1.165) is 24.8 Å². The molecule has 1 aromatic carbocycles. The lowest BCUT2D eigenvalue weighted by atomic mass is 10.0. The molecule has 1 saturated carbocycles. The Morgan fingerprint density at radius 2 is 2.00 bits per heavy atom. The quantitative estimate of drug-likeness (QED) is 0.802. The van der Waals surface area contributed by atoms with Crippen LogP contribution in [-0.4, -0.2) is 17.8 Å². The van der Waals surface area contributed by atoms with Crippen molar-refractivity contribution >= 4 is 34.8 Å². The first kappa shape index (κ1) is 15.4. The molecule has 2 nitrogen and oxygen atoms in total. The van der Waals surface area contributed by atoms with Gasteiger partial charge in [0.2, 0.25) is 0 Å². The zero-order valence-electron chi connectivity index (χ0n) is 10.8. The molecule has 0 heterocycles. The van der Waals surface area contributed by atoms with Gasteiger partial charge in [-0.1, -0.05) is 47.3 Å². The second-order valence-electron chi connectivity index (χ2n) is 5.13. The molecular weight excluding hydrogens is 305 g/mol. The van der Waals surface area contributed by atoms with E-state index in [-0.39, 0.29) is 12.6 Å². The number of benzene rings is 1. The van der Waals surface area contributed by atoms with Crippen molar-refractivity contribution in [3.63, 3.8) is 0 Å². The molecule has 0 saturated heterocycles. The van der Waals surface area contributed by atoms with Gasteiger partial charge in [-0.15, -0.1) is 0 Å². The normalized spacial score (nSPS) is 24.7. The van der Waals surface area contributed by atoms with Crippen LogP contribution in [0.5, 0.6) is 0 Å². The van der Waals surface area contributed by atoms with Crippen LogP contribution in [0, 0.1) is 5.92 Å². The van der Waals surface area contributed by atoms with Crippen LogP contribution in [0.3, 0.4) is 0 Å². The molecule has 0 aliphatic heterocycles. The maximum absolute atomic E-state index is 9.35. The van der Waals surface area contributed by atoms with Gasteiger partial charge in [-0.2, -0.15) is 0 Å². The van der Waals surface area contributed by atoms with Crippen LogP contribution in [-0.2, 0) is 0 Å². The highest BCUT2D eigenvalue weighted by atomic mass is 35.5. The van der Waals surface area contributed by atoms with E-state index in [0.29, 0.717) is 27.0 Å². The minimum absolute atomic E-state index is 0.0828. The van der Waals surface area contributed by atoms with E-state index in [9.17, 15) is 5.11 Å². The van der Waals surface area contributed by atoms with E-state index in [1.165, 1.54) is 0 Å². The van der Waals surface area contributed by atoms with Crippen LogP contribution in [0.2, 0.25) is 15.1 Å². The first-order valence-corrected chi connectivity index (χ1v) is 7.68. The third kappa shape index (κ3) is 3.37. The number of aliphatic hydroxyl groups is 1. The van der Waals surface area contributed by atoms with Crippen LogP contribution in [0.25, 0.3) is 0 Å². The molecule has 0 amide bonds. The summed E-state index contributed by atoms with van der Waals surface area (Å²) in [5.74, 6) is 0.337. The lowest BCUT2D eigenvalue weighted by molar-refractivity contribution is 0.200. The predicted molar refractivity (Wildman–Crippen MR) is 81.2 cm³/mol. The number of rotatable bonds is 4. The highest BCUT2D eigenvalue weighted by molar-refractivity contribution is 6.48. The highest BCUT2D eigenvalue weighted by Crippen LogP contribution is 2.36. The SMILES string of the molecule is CC(NC1CCCC1CO)c1ccc(Cl)c(Cl)c1Cl. The minimum Gasteiger partial charge on any atom is -0.396 e. The molecular formula is C14H18Cl3NO. The predicted octanol–water partition coefficient (Wildman–Crippen LogP) is 4.46. The lowest BCUT2D eigenvalue weighted by Crippen LogP contribution is -2.36. The van der Waals surface area contributed by atoms with Gasteiger partial charge >= 0.3 is 0 Å². The van der Waals surface area contributed by atoms with Crippen molar-refractivity contribution < 1.29 is 5.11 Å². The summed E-state index contributed by atoms with van der Waals surface area (Å²) in [4.78, 5) is 0. The summed E-state index contributed by atoms with van der Waals surface area (Å²) >= 11 is 18.2. The fourth-order valence-corrected chi connectivity index (χ4v) is 3.47. The Morgan fingerprint density at radius 3 is 2.68 bits per heavy atom. The van der Waals surface area contributed by atoms with Crippen LogP contribution in [0.1, 0.15) is 37.8 Å². The van der Waals surface area contributed by atoms with Crippen molar-refractivity contribution in [1.82, 2.24) is 5.32 Å². The molecule has 1 aromatic rings. The average Bonchev–Trinajstić information content (AvgIpc) is 2.83. The molecule has 3 unspecified atom stereocenters. The van der Waals surface area contributed by atoms with Gasteiger partial charge in [0.25, 0.3) is 0 Å². The standard InChI is InChI=1S/C14H18Cl3NO/c1-8(18-12-4-2-3-9(12)7-19)10-5-6-11(15)14(17)13(10)16/h5-6,8-9,12,18-19H,2-4,7H2,1H3. The summed E-state index contributed by atoms with van der Waals surface area (Å²) in [5, 5.41) is 14.3. The molecule has 0 bridgehead atoms. The monoisotopic (exact) mass is 321 g/mol. The van der Waals surface area contributed by atoms with Crippen LogP contribution < -0.4 is 5.32 Å². The van der Waals surface area contributed by atoms with Crippen molar-refractivity contribution in [2.24, 2.45) is 5.92 Å². The van der Waals surface area contributed by atoms with Gasteiger partial charge < -0.3 is 10.4 Å².